The maximum Gasteiger partial charge on any atom is 0.408 e. The number of para-hydroxylation sites is 2. The molecule has 0 saturated heterocycles. The van der Waals surface area contributed by atoms with Crippen LogP contribution in [-0.4, -0.2) is 45.6 Å². The molecule has 0 aromatic heterocycles. The van der Waals surface area contributed by atoms with Crippen LogP contribution in [0.15, 0.2) is 42.5 Å². The number of rotatable bonds is 9. The molecule has 38 heavy (non-hydrogen) atoms. The highest BCUT2D eigenvalue weighted by molar-refractivity contribution is 6.00. The Hall–Kier alpha value is -3.55. The molecular weight excluding hydrogens is 482 g/mol. The van der Waals surface area contributed by atoms with Crippen molar-refractivity contribution in [2.45, 2.75) is 92.5 Å². The molecule has 3 atom stereocenters. The van der Waals surface area contributed by atoms with Gasteiger partial charge in [0, 0.05) is 17.3 Å². The molecule has 0 fully saturated rings. The molecule has 0 heterocycles. The molecule has 0 radical (unpaired) electrons. The minimum absolute atomic E-state index is 0.0592. The van der Waals surface area contributed by atoms with Crippen molar-refractivity contribution in [1.82, 2.24) is 10.2 Å². The molecule has 2 aromatic carbocycles. The summed E-state index contributed by atoms with van der Waals surface area (Å²) in [5.74, 6) is -1.22. The molecule has 0 saturated carbocycles. The number of anilines is 1. The van der Waals surface area contributed by atoms with E-state index in [-0.39, 0.29) is 11.7 Å². The van der Waals surface area contributed by atoms with E-state index in [0.29, 0.717) is 23.2 Å². The number of carbonyl (C=O) groups excluding carboxylic acids is 3. The number of phenolic OH excluding ortho intramolecular Hbond substituents is 1. The molecule has 3 amide bonds. The Kier molecular flexibility index (Phi) is 10.3. The molecule has 208 valence electrons. The van der Waals surface area contributed by atoms with Crippen LogP contribution in [0.25, 0.3) is 0 Å². The first-order valence-electron chi connectivity index (χ1n) is 13.1. The van der Waals surface area contributed by atoms with Gasteiger partial charge in [-0.05, 0) is 71.6 Å². The molecule has 8 heteroatoms. The average molecular weight is 526 g/mol. The molecule has 0 aliphatic carbocycles. The summed E-state index contributed by atoms with van der Waals surface area (Å²) in [6.45, 7) is 16.3. The van der Waals surface area contributed by atoms with Crippen molar-refractivity contribution in [2.75, 3.05) is 5.32 Å². The molecule has 3 N–H and O–H groups in total. The van der Waals surface area contributed by atoms with Crippen molar-refractivity contribution in [3.8, 4) is 5.75 Å². The highest BCUT2D eigenvalue weighted by Gasteiger charge is 2.40. The van der Waals surface area contributed by atoms with Crippen LogP contribution in [-0.2, 0) is 14.3 Å². The van der Waals surface area contributed by atoms with E-state index in [1.807, 2.05) is 39.0 Å². The lowest BCUT2D eigenvalue weighted by atomic mass is 9.94. The summed E-state index contributed by atoms with van der Waals surface area (Å²) in [6, 6.07) is 9.93. The Bertz CT molecular complexity index is 1140. The van der Waals surface area contributed by atoms with Crippen LogP contribution >= 0.6 is 0 Å². The van der Waals surface area contributed by atoms with Crippen LogP contribution in [0.5, 0.6) is 5.75 Å². The van der Waals surface area contributed by atoms with E-state index in [9.17, 15) is 19.5 Å². The highest BCUT2D eigenvalue weighted by atomic mass is 16.6. The fourth-order valence-electron chi connectivity index (χ4n) is 4.19. The van der Waals surface area contributed by atoms with Gasteiger partial charge in [-0.2, -0.15) is 0 Å². The number of hydrogen-bond acceptors (Lipinski definition) is 5. The Balaban J connectivity index is 2.61. The topological polar surface area (TPSA) is 108 Å². The summed E-state index contributed by atoms with van der Waals surface area (Å²) in [5.41, 5.74) is 1.61. The third-order valence-corrected chi connectivity index (χ3v) is 6.46. The number of benzene rings is 2. The maximum absolute atomic E-state index is 14.2. The second-order valence-corrected chi connectivity index (χ2v) is 11.1. The normalized spacial score (nSPS) is 13.8. The number of aryl methyl sites for hydroxylation is 2. The van der Waals surface area contributed by atoms with E-state index >= 15 is 0 Å². The van der Waals surface area contributed by atoms with Gasteiger partial charge in [-0.3, -0.25) is 9.59 Å². The van der Waals surface area contributed by atoms with E-state index in [0.717, 1.165) is 5.56 Å². The zero-order valence-corrected chi connectivity index (χ0v) is 24.1. The number of hydrogen-bond donors (Lipinski definition) is 3. The molecule has 0 aliphatic rings. The van der Waals surface area contributed by atoms with Gasteiger partial charge in [0.2, 0.25) is 5.91 Å². The van der Waals surface area contributed by atoms with Crippen LogP contribution in [0.1, 0.15) is 77.6 Å². The number of carbonyl (C=O) groups is 3. The van der Waals surface area contributed by atoms with Crippen molar-refractivity contribution in [2.24, 2.45) is 5.92 Å². The van der Waals surface area contributed by atoms with Crippen molar-refractivity contribution >= 4 is 23.6 Å². The second-order valence-electron chi connectivity index (χ2n) is 11.1. The van der Waals surface area contributed by atoms with Gasteiger partial charge in [0.05, 0.1) is 0 Å². The number of phenols is 1. The van der Waals surface area contributed by atoms with Gasteiger partial charge in [0.15, 0.2) is 0 Å². The van der Waals surface area contributed by atoms with Gasteiger partial charge in [0.1, 0.15) is 23.4 Å². The third kappa shape index (κ3) is 7.73. The Morgan fingerprint density at radius 2 is 1.58 bits per heavy atom. The number of alkyl carbamates (subject to hydrolysis) is 1. The zero-order valence-electron chi connectivity index (χ0n) is 24.1. The van der Waals surface area contributed by atoms with Gasteiger partial charge in [-0.15, -0.1) is 0 Å². The summed E-state index contributed by atoms with van der Waals surface area (Å²) in [5, 5.41) is 16.7. The highest BCUT2D eigenvalue weighted by Crippen LogP contribution is 2.35. The molecular formula is C30H43N3O5. The van der Waals surface area contributed by atoms with Gasteiger partial charge in [-0.25, -0.2) is 4.79 Å². The lowest BCUT2D eigenvalue weighted by Crippen LogP contribution is -2.56. The zero-order chi connectivity index (χ0) is 28.8. The molecule has 8 nitrogen and oxygen atoms in total. The minimum Gasteiger partial charge on any atom is -0.507 e. The lowest BCUT2D eigenvalue weighted by Gasteiger charge is -2.38. The third-order valence-electron chi connectivity index (χ3n) is 6.46. The van der Waals surface area contributed by atoms with Crippen LogP contribution < -0.4 is 10.6 Å². The molecule has 3 unspecified atom stereocenters. The monoisotopic (exact) mass is 525 g/mol. The fraction of sp³-hybridized carbons (Fsp3) is 0.500. The molecule has 0 spiro atoms. The van der Waals surface area contributed by atoms with Gasteiger partial charge in [0.25, 0.3) is 5.91 Å². The number of nitrogens with one attached hydrogen (secondary N) is 2. The van der Waals surface area contributed by atoms with Crippen LogP contribution in [0.4, 0.5) is 10.5 Å². The Labute approximate surface area is 226 Å². The quantitative estimate of drug-likeness (QED) is 0.380. The van der Waals surface area contributed by atoms with E-state index < -0.39 is 41.6 Å². The predicted octanol–water partition coefficient (Wildman–Crippen LogP) is 5.87. The van der Waals surface area contributed by atoms with Crippen LogP contribution in [0.3, 0.4) is 0 Å². The van der Waals surface area contributed by atoms with Crippen molar-refractivity contribution in [3.05, 3.63) is 59.2 Å². The van der Waals surface area contributed by atoms with Crippen molar-refractivity contribution in [3.63, 3.8) is 0 Å². The first kappa shape index (κ1) is 30.7. The van der Waals surface area contributed by atoms with Gasteiger partial charge < -0.3 is 25.4 Å². The molecule has 0 aliphatic heterocycles. The van der Waals surface area contributed by atoms with Gasteiger partial charge in [-0.1, -0.05) is 56.7 Å². The first-order chi connectivity index (χ1) is 17.7. The average Bonchev–Trinajstić information content (AvgIpc) is 2.82. The van der Waals surface area contributed by atoms with Gasteiger partial charge >= 0.3 is 6.09 Å². The summed E-state index contributed by atoms with van der Waals surface area (Å²) < 4.78 is 5.43. The molecule has 2 aromatic rings. The van der Waals surface area contributed by atoms with Crippen LogP contribution in [0, 0.1) is 19.8 Å². The summed E-state index contributed by atoms with van der Waals surface area (Å²) in [7, 11) is 0. The number of amides is 3. The second kappa shape index (κ2) is 12.8. The smallest absolute Gasteiger partial charge is 0.408 e. The van der Waals surface area contributed by atoms with Crippen molar-refractivity contribution < 1.29 is 24.2 Å². The number of ether oxygens (including phenoxy) is 1. The van der Waals surface area contributed by atoms with E-state index in [2.05, 4.69) is 10.6 Å². The predicted molar refractivity (Wildman–Crippen MR) is 150 cm³/mol. The van der Waals surface area contributed by atoms with E-state index in [4.69, 9.17) is 4.74 Å². The minimum atomic E-state index is -1.16. The Morgan fingerprint density at radius 1 is 0.974 bits per heavy atom. The summed E-state index contributed by atoms with van der Waals surface area (Å²) in [6.07, 6.45) is -0.104. The number of nitrogens with zero attached hydrogens (tertiary/aromatic N) is 1. The summed E-state index contributed by atoms with van der Waals surface area (Å²) >= 11 is 0. The fourth-order valence-corrected chi connectivity index (χ4v) is 4.19. The lowest BCUT2D eigenvalue weighted by molar-refractivity contribution is -0.144. The molecule has 2 rings (SSSR count). The van der Waals surface area contributed by atoms with E-state index in [1.54, 1.807) is 65.8 Å². The number of aromatic hydroxyl groups is 1. The maximum atomic E-state index is 14.2. The molecule has 0 bridgehead atoms. The standard InChI is InChI=1S/C30H43N3O5/c1-10-19(4)24(32-29(37)38-30(7,8)9)28(36)33(18(2)3)25(22-16-13-15-21(6)26(22)34)27(35)31-23-17-12-11-14-20(23)5/h11-19,24-25,34H,10H2,1-9H3,(H,31,35)(H,32,37). The van der Waals surface area contributed by atoms with Crippen LogP contribution in [0.2, 0.25) is 0 Å². The summed E-state index contributed by atoms with van der Waals surface area (Å²) in [4.78, 5) is 42.3. The van der Waals surface area contributed by atoms with Crippen molar-refractivity contribution in [1.29, 1.82) is 0 Å². The van der Waals surface area contributed by atoms with E-state index in [1.165, 1.54) is 4.90 Å². The first-order valence-corrected chi connectivity index (χ1v) is 13.1. The SMILES string of the molecule is CCC(C)C(NC(=O)OC(C)(C)C)C(=O)N(C(C)C)C(C(=O)Nc1ccccc1C)c1cccc(C)c1O. The Morgan fingerprint density at radius 3 is 2.13 bits per heavy atom. The largest absolute Gasteiger partial charge is 0.507 e.